The molecule has 1 saturated heterocycles. The lowest BCUT2D eigenvalue weighted by molar-refractivity contribution is 0.0938. The normalized spacial score (nSPS) is 18.0. The molecule has 0 bridgehead atoms. The molecule has 0 saturated carbocycles. The Morgan fingerprint density at radius 2 is 2.24 bits per heavy atom. The number of hydrogen-bond acceptors (Lipinski definition) is 4. The molecule has 0 radical (unpaired) electrons. The molecule has 1 aromatic carbocycles. The Morgan fingerprint density at radius 1 is 1.36 bits per heavy atom. The Balaban J connectivity index is 1.29. The van der Waals surface area contributed by atoms with Gasteiger partial charge in [0.15, 0.2) is 5.82 Å². The standard InChI is InChI=1S/C18H22N6O/c1-12-19-9-14(21-12)11-24-7-6-13(10-24)8-20-18(25)17-22-15-4-2-3-5-16(15)23-17/h2-5,9,13H,6-8,10-11H2,1H3,(H,19,21)(H,20,25)(H,22,23)/t13-/m0/s1. The van der Waals surface area contributed by atoms with Crippen LogP contribution in [0, 0.1) is 12.8 Å². The van der Waals surface area contributed by atoms with Crippen LogP contribution >= 0.6 is 0 Å². The first-order valence-electron chi connectivity index (χ1n) is 8.63. The predicted octanol–water partition coefficient (Wildman–Crippen LogP) is 1.85. The van der Waals surface area contributed by atoms with Gasteiger partial charge in [-0.3, -0.25) is 9.69 Å². The van der Waals surface area contributed by atoms with Crippen molar-refractivity contribution in [1.29, 1.82) is 0 Å². The number of amides is 1. The second-order valence-corrected chi connectivity index (χ2v) is 6.70. The highest BCUT2D eigenvalue weighted by molar-refractivity contribution is 5.94. The number of imidazole rings is 2. The summed E-state index contributed by atoms with van der Waals surface area (Å²) in [6, 6.07) is 7.66. The third-order valence-electron chi connectivity index (χ3n) is 4.68. The van der Waals surface area contributed by atoms with Crippen LogP contribution in [0.2, 0.25) is 0 Å². The maximum atomic E-state index is 12.3. The SMILES string of the molecule is Cc1ncc(CN2CC[C@@H](CNC(=O)c3nc4ccccc4[nH]3)C2)[nH]1. The Kier molecular flexibility index (Phi) is 4.23. The molecule has 1 aliphatic heterocycles. The highest BCUT2D eigenvalue weighted by atomic mass is 16.2. The molecule has 7 nitrogen and oxygen atoms in total. The second-order valence-electron chi connectivity index (χ2n) is 6.70. The monoisotopic (exact) mass is 338 g/mol. The predicted molar refractivity (Wildman–Crippen MR) is 95.1 cm³/mol. The number of nitrogens with zero attached hydrogens (tertiary/aromatic N) is 3. The summed E-state index contributed by atoms with van der Waals surface area (Å²) >= 11 is 0. The van der Waals surface area contributed by atoms with E-state index < -0.39 is 0 Å². The van der Waals surface area contributed by atoms with Crippen LogP contribution < -0.4 is 5.32 Å². The fourth-order valence-electron chi connectivity index (χ4n) is 3.40. The molecule has 4 rings (SSSR count). The van der Waals surface area contributed by atoms with E-state index in [4.69, 9.17) is 0 Å². The molecule has 1 fully saturated rings. The minimum atomic E-state index is -0.140. The quantitative estimate of drug-likeness (QED) is 0.662. The van der Waals surface area contributed by atoms with Gasteiger partial charge in [-0.05, 0) is 37.9 Å². The molecule has 7 heteroatoms. The van der Waals surface area contributed by atoms with Crippen molar-refractivity contribution in [3.05, 3.63) is 47.8 Å². The summed E-state index contributed by atoms with van der Waals surface area (Å²) in [6.07, 6.45) is 2.99. The molecule has 0 aliphatic carbocycles. The molecule has 1 amide bonds. The number of hydrogen-bond donors (Lipinski definition) is 3. The van der Waals surface area contributed by atoms with Gasteiger partial charge in [0.2, 0.25) is 0 Å². The molecule has 3 heterocycles. The summed E-state index contributed by atoms with van der Waals surface area (Å²) in [5, 5.41) is 3.01. The topological polar surface area (TPSA) is 89.7 Å². The van der Waals surface area contributed by atoms with E-state index in [0.29, 0.717) is 18.3 Å². The van der Waals surface area contributed by atoms with Crippen molar-refractivity contribution < 1.29 is 4.79 Å². The van der Waals surface area contributed by atoms with Crippen molar-refractivity contribution in [3.63, 3.8) is 0 Å². The van der Waals surface area contributed by atoms with Gasteiger partial charge in [0.25, 0.3) is 5.91 Å². The number of carbonyl (C=O) groups excluding carboxylic acids is 1. The summed E-state index contributed by atoms with van der Waals surface area (Å²) < 4.78 is 0. The van der Waals surface area contributed by atoms with Crippen molar-refractivity contribution in [2.45, 2.75) is 19.9 Å². The number of nitrogens with one attached hydrogen (secondary N) is 3. The van der Waals surface area contributed by atoms with Crippen LogP contribution in [-0.2, 0) is 6.54 Å². The van der Waals surface area contributed by atoms with Gasteiger partial charge >= 0.3 is 0 Å². The lowest BCUT2D eigenvalue weighted by atomic mass is 10.1. The van der Waals surface area contributed by atoms with Crippen molar-refractivity contribution in [1.82, 2.24) is 30.2 Å². The molecule has 1 aliphatic rings. The molecule has 130 valence electrons. The van der Waals surface area contributed by atoms with E-state index in [0.717, 1.165) is 48.6 Å². The van der Waals surface area contributed by atoms with Crippen LogP contribution in [0.3, 0.4) is 0 Å². The van der Waals surface area contributed by atoms with E-state index in [1.165, 1.54) is 0 Å². The van der Waals surface area contributed by atoms with Crippen LogP contribution in [0.4, 0.5) is 0 Å². The highest BCUT2D eigenvalue weighted by Gasteiger charge is 2.23. The number of para-hydroxylation sites is 2. The van der Waals surface area contributed by atoms with Crippen LogP contribution in [0.25, 0.3) is 11.0 Å². The molecule has 0 unspecified atom stereocenters. The summed E-state index contributed by atoms with van der Waals surface area (Å²) in [5.41, 5.74) is 2.84. The minimum absolute atomic E-state index is 0.140. The molecule has 3 N–H and O–H groups in total. The Hall–Kier alpha value is -2.67. The lowest BCUT2D eigenvalue weighted by Crippen LogP contribution is -2.31. The summed E-state index contributed by atoms with van der Waals surface area (Å²) in [4.78, 5) is 29.6. The fraction of sp³-hybridized carbons (Fsp3) is 0.389. The number of rotatable bonds is 5. The van der Waals surface area contributed by atoms with Gasteiger partial charge in [0.05, 0.1) is 11.0 Å². The Morgan fingerprint density at radius 3 is 3.04 bits per heavy atom. The Labute approximate surface area is 145 Å². The number of aromatic nitrogens is 4. The lowest BCUT2D eigenvalue weighted by Gasteiger charge is -2.15. The van der Waals surface area contributed by atoms with Crippen LogP contribution in [-0.4, -0.2) is 50.4 Å². The molecule has 1 atom stereocenters. The second kappa shape index (κ2) is 6.68. The van der Waals surface area contributed by atoms with Gasteiger partial charge in [-0.2, -0.15) is 0 Å². The molecular formula is C18H22N6O. The highest BCUT2D eigenvalue weighted by Crippen LogP contribution is 2.18. The smallest absolute Gasteiger partial charge is 0.287 e. The summed E-state index contributed by atoms with van der Waals surface area (Å²) in [6.45, 7) is 5.55. The van der Waals surface area contributed by atoms with E-state index in [9.17, 15) is 4.79 Å². The summed E-state index contributed by atoms with van der Waals surface area (Å²) in [5.74, 6) is 1.66. The zero-order valence-corrected chi connectivity index (χ0v) is 14.2. The number of likely N-dealkylation sites (tertiary alicyclic amines) is 1. The minimum Gasteiger partial charge on any atom is -0.349 e. The van der Waals surface area contributed by atoms with Gasteiger partial charge < -0.3 is 15.3 Å². The van der Waals surface area contributed by atoms with E-state index in [1.54, 1.807) is 0 Å². The van der Waals surface area contributed by atoms with Gasteiger partial charge in [-0.15, -0.1) is 0 Å². The van der Waals surface area contributed by atoms with Crippen LogP contribution in [0.5, 0.6) is 0 Å². The van der Waals surface area contributed by atoms with Crippen molar-refractivity contribution in [3.8, 4) is 0 Å². The summed E-state index contributed by atoms with van der Waals surface area (Å²) in [7, 11) is 0. The zero-order valence-electron chi connectivity index (χ0n) is 14.2. The van der Waals surface area contributed by atoms with Gasteiger partial charge in [-0.25, -0.2) is 9.97 Å². The van der Waals surface area contributed by atoms with Gasteiger partial charge in [-0.1, -0.05) is 12.1 Å². The zero-order chi connectivity index (χ0) is 17.2. The number of aryl methyl sites for hydroxylation is 1. The first kappa shape index (κ1) is 15.8. The average molecular weight is 338 g/mol. The third kappa shape index (κ3) is 3.56. The van der Waals surface area contributed by atoms with E-state index in [1.807, 2.05) is 37.4 Å². The number of benzene rings is 1. The fourth-order valence-corrected chi connectivity index (χ4v) is 3.40. The van der Waals surface area contributed by atoms with Crippen molar-refractivity contribution in [2.75, 3.05) is 19.6 Å². The average Bonchev–Trinajstić information content (AvgIpc) is 3.32. The van der Waals surface area contributed by atoms with E-state index >= 15 is 0 Å². The molecule has 2 aromatic heterocycles. The first-order chi connectivity index (χ1) is 12.2. The molecular weight excluding hydrogens is 316 g/mol. The third-order valence-corrected chi connectivity index (χ3v) is 4.68. The number of H-pyrrole nitrogens is 2. The molecule has 25 heavy (non-hydrogen) atoms. The van der Waals surface area contributed by atoms with E-state index in [-0.39, 0.29) is 5.91 Å². The largest absolute Gasteiger partial charge is 0.349 e. The van der Waals surface area contributed by atoms with Crippen molar-refractivity contribution >= 4 is 16.9 Å². The maximum Gasteiger partial charge on any atom is 0.287 e. The molecule has 0 spiro atoms. The maximum absolute atomic E-state index is 12.3. The first-order valence-corrected chi connectivity index (χ1v) is 8.63. The van der Waals surface area contributed by atoms with Gasteiger partial charge in [0, 0.05) is 31.5 Å². The number of aromatic amines is 2. The number of carbonyl (C=O) groups is 1. The van der Waals surface area contributed by atoms with E-state index in [2.05, 4.69) is 30.2 Å². The van der Waals surface area contributed by atoms with Crippen LogP contribution in [0.15, 0.2) is 30.5 Å². The van der Waals surface area contributed by atoms with Crippen molar-refractivity contribution in [2.24, 2.45) is 5.92 Å². The Bertz CT molecular complexity index is 849. The van der Waals surface area contributed by atoms with Gasteiger partial charge in [0.1, 0.15) is 5.82 Å². The van der Waals surface area contributed by atoms with Crippen LogP contribution in [0.1, 0.15) is 28.6 Å². The number of fused-ring (bicyclic) bond motifs is 1. The molecule has 3 aromatic rings.